The molecule has 2 atom stereocenters. The Balaban J connectivity index is 2.62. The molecule has 1 heterocycles. The van der Waals surface area contributed by atoms with E-state index in [0.29, 0.717) is 6.04 Å². The van der Waals surface area contributed by atoms with E-state index in [-0.39, 0.29) is 0 Å². The molecule has 0 amide bonds. The number of nitrogens with one attached hydrogen (secondary N) is 1. The average molecular weight is 282 g/mol. The van der Waals surface area contributed by atoms with Crippen molar-refractivity contribution in [1.29, 1.82) is 0 Å². The van der Waals surface area contributed by atoms with Crippen LogP contribution in [0.4, 0.5) is 0 Å². The van der Waals surface area contributed by atoms with Crippen LogP contribution in [0, 0.1) is 12.8 Å². The third-order valence-corrected chi connectivity index (χ3v) is 4.54. The predicted molar refractivity (Wildman–Crippen MR) is 85.8 cm³/mol. The number of nitrogens with zero attached hydrogens (tertiary/aromatic N) is 1. The second-order valence-electron chi connectivity index (χ2n) is 5.45. The number of hydrogen-bond acceptors (Lipinski definition) is 3. The van der Waals surface area contributed by atoms with Gasteiger partial charge in [0.15, 0.2) is 0 Å². The van der Waals surface area contributed by atoms with Crippen molar-refractivity contribution in [2.75, 3.05) is 6.54 Å². The fourth-order valence-corrected chi connectivity index (χ4v) is 3.15. The molecule has 0 radical (unpaired) electrons. The summed E-state index contributed by atoms with van der Waals surface area (Å²) in [5, 5.41) is 7.10. The first-order chi connectivity index (χ1) is 9.21. The summed E-state index contributed by atoms with van der Waals surface area (Å²) in [4.78, 5) is 4.69. The first-order valence-corrected chi connectivity index (χ1v) is 8.74. The largest absolute Gasteiger partial charge is 0.309 e. The monoisotopic (exact) mass is 282 g/mol. The van der Waals surface area contributed by atoms with Crippen molar-refractivity contribution in [2.24, 2.45) is 5.92 Å². The molecule has 1 rings (SSSR count). The lowest BCUT2D eigenvalue weighted by molar-refractivity contribution is 0.350. The third-order valence-electron chi connectivity index (χ3n) is 3.75. The van der Waals surface area contributed by atoms with Gasteiger partial charge in [0.2, 0.25) is 0 Å². The van der Waals surface area contributed by atoms with Crippen molar-refractivity contribution in [2.45, 2.75) is 72.3 Å². The lowest BCUT2D eigenvalue weighted by Crippen LogP contribution is -2.25. The van der Waals surface area contributed by atoms with Crippen molar-refractivity contribution in [3.8, 4) is 0 Å². The van der Waals surface area contributed by atoms with E-state index in [1.165, 1.54) is 49.2 Å². The van der Waals surface area contributed by atoms with Crippen LogP contribution in [-0.4, -0.2) is 11.5 Å². The topological polar surface area (TPSA) is 24.9 Å². The molecule has 0 saturated heterocycles. The molecule has 0 bridgehead atoms. The maximum Gasteiger partial charge on any atom is 0.0898 e. The van der Waals surface area contributed by atoms with E-state index in [9.17, 15) is 0 Å². The highest BCUT2D eigenvalue weighted by Gasteiger charge is 2.18. The lowest BCUT2D eigenvalue weighted by Gasteiger charge is -2.22. The fraction of sp³-hybridized carbons (Fsp3) is 0.812. The van der Waals surface area contributed by atoms with Crippen molar-refractivity contribution < 1.29 is 0 Å². The Kier molecular flexibility index (Phi) is 8.31. The van der Waals surface area contributed by atoms with Gasteiger partial charge in [-0.25, -0.2) is 4.98 Å². The van der Waals surface area contributed by atoms with Crippen molar-refractivity contribution >= 4 is 11.3 Å². The molecule has 1 aromatic heterocycles. The van der Waals surface area contributed by atoms with E-state index in [4.69, 9.17) is 0 Å². The standard InChI is InChI=1S/C16H30N2S/c1-5-8-9-14(7-3)11-15(17-10-6-2)16-12-19-13(4)18-16/h12,14-15,17H,5-11H2,1-4H3. The number of hydrogen-bond donors (Lipinski definition) is 1. The van der Waals surface area contributed by atoms with Crippen molar-refractivity contribution in [3.63, 3.8) is 0 Å². The van der Waals surface area contributed by atoms with Gasteiger partial charge in [0, 0.05) is 5.38 Å². The van der Waals surface area contributed by atoms with Crippen LogP contribution in [0.1, 0.15) is 76.0 Å². The van der Waals surface area contributed by atoms with E-state index in [2.05, 4.69) is 43.4 Å². The molecule has 0 aliphatic rings. The van der Waals surface area contributed by atoms with Crippen LogP contribution in [-0.2, 0) is 0 Å². The maximum atomic E-state index is 4.69. The van der Waals surface area contributed by atoms with Gasteiger partial charge in [-0.15, -0.1) is 11.3 Å². The quantitative estimate of drug-likeness (QED) is 0.646. The Bertz CT molecular complexity index is 335. The number of unbranched alkanes of at least 4 members (excludes halogenated alkanes) is 1. The highest BCUT2D eigenvalue weighted by atomic mass is 32.1. The van der Waals surface area contributed by atoms with E-state index < -0.39 is 0 Å². The fourth-order valence-electron chi connectivity index (χ4n) is 2.48. The van der Waals surface area contributed by atoms with Gasteiger partial charge in [-0.05, 0) is 32.2 Å². The summed E-state index contributed by atoms with van der Waals surface area (Å²) in [5.74, 6) is 0.830. The highest BCUT2D eigenvalue weighted by molar-refractivity contribution is 7.09. The van der Waals surface area contributed by atoms with Crippen LogP contribution in [0.5, 0.6) is 0 Å². The Morgan fingerprint density at radius 3 is 2.58 bits per heavy atom. The first kappa shape index (κ1) is 16.6. The molecule has 3 heteroatoms. The summed E-state index contributed by atoms with van der Waals surface area (Å²) in [6, 6.07) is 0.451. The van der Waals surface area contributed by atoms with Gasteiger partial charge in [0.25, 0.3) is 0 Å². The highest BCUT2D eigenvalue weighted by Crippen LogP contribution is 2.27. The van der Waals surface area contributed by atoms with E-state index in [1.807, 2.05) is 0 Å². The van der Waals surface area contributed by atoms with Crippen molar-refractivity contribution in [1.82, 2.24) is 10.3 Å². The van der Waals surface area contributed by atoms with Crippen LogP contribution in [0.25, 0.3) is 0 Å². The Hall–Kier alpha value is -0.410. The molecule has 0 saturated carbocycles. The number of aromatic nitrogens is 1. The minimum Gasteiger partial charge on any atom is -0.309 e. The van der Waals surface area contributed by atoms with Gasteiger partial charge < -0.3 is 5.32 Å². The van der Waals surface area contributed by atoms with Crippen LogP contribution in [0.3, 0.4) is 0 Å². The molecular formula is C16H30N2S. The molecule has 2 nitrogen and oxygen atoms in total. The Morgan fingerprint density at radius 2 is 2.05 bits per heavy atom. The van der Waals surface area contributed by atoms with Crippen LogP contribution in [0.2, 0.25) is 0 Å². The van der Waals surface area contributed by atoms with Gasteiger partial charge in [-0.2, -0.15) is 0 Å². The minimum absolute atomic E-state index is 0.451. The Labute approximate surface area is 123 Å². The lowest BCUT2D eigenvalue weighted by atomic mass is 9.91. The summed E-state index contributed by atoms with van der Waals surface area (Å²) in [6.45, 7) is 10.0. The number of rotatable bonds is 10. The zero-order valence-electron chi connectivity index (χ0n) is 13.0. The van der Waals surface area contributed by atoms with Gasteiger partial charge in [-0.3, -0.25) is 0 Å². The molecule has 1 N–H and O–H groups in total. The van der Waals surface area contributed by atoms with Crippen molar-refractivity contribution in [3.05, 3.63) is 16.1 Å². The van der Waals surface area contributed by atoms with Gasteiger partial charge >= 0.3 is 0 Å². The second-order valence-corrected chi connectivity index (χ2v) is 6.51. The number of aryl methyl sites for hydroxylation is 1. The molecule has 0 spiro atoms. The zero-order chi connectivity index (χ0) is 14.1. The smallest absolute Gasteiger partial charge is 0.0898 e. The van der Waals surface area contributed by atoms with Gasteiger partial charge in [0.1, 0.15) is 0 Å². The van der Waals surface area contributed by atoms with Gasteiger partial charge in [-0.1, -0.05) is 46.5 Å². The average Bonchev–Trinajstić information content (AvgIpc) is 2.84. The zero-order valence-corrected chi connectivity index (χ0v) is 13.9. The summed E-state index contributed by atoms with van der Waals surface area (Å²) >= 11 is 1.77. The SMILES string of the molecule is CCCCC(CC)CC(NCCC)c1csc(C)n1. The summed E-state index contributed by atoms with van der Waals surface area (Å²) in [7, 11) is 0. The maximum absolute atomic E-state index is 4.69. The molecule has 0 aromatic carbocycles. The normalized spacial score (nSPS) is 14.5. The summed E-state index contributed by atoms with van der Waals surface area (Å²) < 4.78 is 0. The van der Waals surface area contributed by atoms with E-state index in [0.717, 1.165) is 12.5 Å². The van der Waals surface area contributed by atoms with Crippen LogP contribution < -0.4 is 5.32 Å². The first-order valence-electron chi connectivity index (χ1n) is 7.86. The molecule has 0 aliphatic carbocycles. The summed E-state index contributed by atoms with van der Waals surface area (Å²) in [6.07, 6.45) is 7.73. The summed E-state index contributed by atoms with van der Waals surface area (Å²) in [5.41, 5.74) is 1.26. The van der Waals surface area contributed by atoms with E-state index >= 15 is 0 Å². The third kappa shape index (κ3) is 6.05. The van der Waals surface area contributed by atoms with Gasteiger partial charge in [0.05, 0.1) is 16.7 Å². The molecule has 110 valence electrons. The molecule has 1 aromatic rings. The molecule has 0 fully saturated rings. The molecular weight excluding hydrogens is 252 g/mol. The Morgan fingerprint density at radius 1 is 1.26 bits per heavy atom. The van der Waals surface area contributed by atoms with Crippen LogP contribution in [0.15, 0.2) is 5.38 Å². The molecule has 19 heavy (non-hydrogen) atoms. The van der Waals surface area contributed by atoms with E-state index in [1.54, 1.807) is 11.3 Å². The molecule has 0 aliphatic heterocycles. The number of thiazole rings is 1. The van der Waals surface area contributed by atoms with Crippen LogP contribution >= 0.6 is 11.3 Å². The second kappa shape index (κ2) is 9.49. The molecule has 2 unspecified atom stereocenters. The predicted octanol–water partition coefficient (Wildman–Crippen LogP) is 5.10. The minimum atomic E-state index is 0.451.